The summed E-state index contributed by atoms with van der Waals surface area (Å²) in [5.41, 5.74) is -2.96. The zero-order chi connectivity index (χ0) is 40.5. The number of aliphatic hydroxyl groups excluding tert-OH is 2. The van der Waals surface area contributed by atoms with E-state index in [1.807, 2.05) is 6.08 Å². The maximum Gasteiger partial charge on any atom is 0.408 e. The average molecular weight is 777 g/mol. The molecule has 9 atom stereocenters. The molecule has 2 heterocycles. The SMILES string of the molecule is CC(C)(C)OC(=O)NCC(=O)N[C@@H]1C[C@H](NC(=O)OC(C)(C)C)[C@@H](O[C@@H]2CCC=C(CNCCCOC(C)(C)O)O2)[C@H](O)[C@H]1O[C@H]1OC[C@](C)(O)C[C@H]1O. The van der Waals surface area contributed by atoms with E-state index in [9.17, 15) is 34.8 Å². The number of hydrogen-bond acceptors (Lipinski definition) is 15. The zero-order valence-electron chi connectivity index (χ0n) is 33.1. The van der Waals surface area contributed by atoms with E-state index in [1.165, 1.54) is 6.92 Å². The molecule has 0 spiro atoms. The second-order valence-corrected chi connectivity index (χ2v) is 16.8. The van der Waals surface area contributed by atoms with Crippen molar-refractivity contribution in [2.24, 2.45) is 0 Å². The normalized spacial score (nSPS) is 30.7. The second-order valence-electron chi connectivity index (χ2n) is 16.8. The van der Waals surface area contributed by atoms with Gasteiger partial charge >= 0.3 is 12.2 Å². The molecule has 3 aliphatic rings. The van der Waals surface area contributed by atoms with Crippen molar-refractivity contribution < 1.29 is 68.0 Å². The molecule has 1 saturated carbocycles. The Kier molecular flexibility index (Phi) is 16.3. The van der Waals surface area contributed by atoms with E-state index in [4.69, 9.17) is 33.2 Å². The third-order valence-corrected chi connectivity index (χ3v) is 8.25. The first kappa shape index (κ1) is 45.6. The van der Waals surface area contributed by atoms with Crippen LogP contribution < -0.4 is 21.3 Å². The lowest BCUT2D eigenvalue weighted by Gasteiger charge is -2.47. The van der Waals surface area contributed by atoms with Crippen LogP contribution in [-0.2, 0) is 38.0 Å². The van der Waals surface area contributed by atoms with Crippen LogP contribution in [0.5, 0.6) is 0 Å². The van der Waals surface area contributed by atoms with Crippen LogP contribution in [0.2, 0.25) is 0 Å². The lowest BCUT2D eigenvalue weighted by atomic mass is 9.83. The molecule has 0 bridgehead atoms. The van der Waals surface area contributed by atoms with Gasteiger partial charge in [-0.05, 0) is 94.2 Å². The molecule has 1 saturated heterocycles. The van der Waals surface area contributed by atoms with Crippen LogP contribution in [-0.4, -0.2) is 143 Å². The number of amides is 3. The van der Waals surface area contributed by atoms with Gasteiger partial charge in [-0.15, -0.1) is 0 Å². The van der Waals surface area contributed by atoms with E-state index in [2.05, 4.69) is 21.3 Å². The molecule has 2 aliphatic heterocycles. The van der Waals surface area contributed by atoms with Crippen molar-refractivity contribution in [1.82, 2.24) is 21.3 Å². The van der Waals surface area contributed by atoms with Gasteiger partial charge in [0, 0.05) is 12.8 Å². The number of nitrogens with one attached hydrogen (secondary N) is 4. The summed E-state index contributed by atoms with van der Waals surface area (Å²) >= 11 is 0. The summed E-state index contributed by atoms with van der Waals surface area (Å²) in [6, 6.07) is -1.97. The number of alkyl carbamates (subject to hydrolysis) is 2. The highest BCUT2D eigenvalue weighted by Crippen LogP contribution is 2.33. The highest BCUT2D eigenvalue weighted by Gasteiger charge is 2.50. The quantitative estimate of drug-likeness (QED) is 0.0855. The average Bonchev–Trinajstić information content (AvgIpc) is 3.00. The van der Waals surface area contributed by atoms with Crippen molar-refractivity contribution >= 4 is 18.1 Å². The number of carbonyl (C=O) groups is 3. The fourth-order valence-corrected chi connectivity index (χ4v) is 6.06. The Morgan fingerprint density at radius 1 is 0.944 bits per heavy atom. The maximum absolute atomic E-state index is 13.2. The number of hydrogen-bond donors (Lipinski definition) is 8. The molecule has 0 aromatic rings. The molecule has 8 N–H and O–H groups in total. The largest absolute Gasteiger partial charge is 0.468 e. The molecule has 54 heavy (non-hydrogen) atoms. The molecule has 0 unspecified atom stereocenters. The van der Waals surface area contributed by atoms with Crippen LogP contribution in [0.15, 0.2) is 11.8 Å². The predicted octanol–water partition coefficient (Wildman–Crippen LogP) is 1.03. The number of aliphatic hydroxyl groups is 4. The molecule has 18 heteroatoms. The van der Waals surface area contributed by atoms with Gasteiger partial charge in [0.05, 0.1) is 37.4 Å². The topological polar surface area (TPSA) is 245 Å². The van der Waals surface area contributed by atoms with Gasteiger partial charge in [-0.3, -0.25) is 4.79 Å². The smallest absolute Gasteiger partial charge is 0.408 e. The first-order chi connectivity index (χ1) is 24.9. The van der Waals surface area contributed by atoms with Crippen LogP contribution in [0.3, 0.4) is 0 Å². The van der Waals surface area contributed by atoms with Crippen LogP contribution in [0, 0.1) is 0 Å². The Morgan fingerprint density at radius 3 is 2.20 bits per heavy atom. The van der Waals surface area contributed by atoms with Crippen molar-refractivity contribution in [3.8, 4) is 0 Å². The second kappa shape index (κ2) is 19.4. The highest BCUT2D eigenvalue weighted by atomic mass is 16.7. The third kappa shape index (κ3) is 16.5. The minimum absolute atomic E-state index is 0.0476. The highest BCUT2D eigenvalue weighted by molar-refractivity contribution is 5.82. The van der Waals surface area contributed by atoms with Crippen molar-refractivity contribution in [1.29, 1.82) is 0 Å². The number of carbonyl (C=O) groups excluding carboxylic acids is 3. The molecule has 0 aromatic carbocycles. The van der Waals surface area contributed by atoms with E-state index < -0.39 is 96.3 Å². The first-order valence-corrected chi connectivity index (χ1v) is 18.6. The maximum atomic E-state index is 13.2. The standard InChI is InChI=1S/C36H64N4O14/c1-33(2,3)53-31(44)38-19-25(42)39-22-16-23(40-32(45)54-34(4,5)6)28(27(43)29(22)52-30-24(41)17-36(9,47)20-48-30)51-26-13-10-12-21(50-26)18-37-14-11-15-49-35(7,8)46/h12,22-24,26-30,37,41,43,46-47H,10-11,13-20H2,1-9H3,(H,38,44)(H,39,42)(H,40,45)/t22-,23+,24-,26-,27+,28-,29+,30-,36-/m1/s1. The van der Waals surface area contributed by atoms with E-state index >= 15 is 0 Å². The molecule has 0 radical (unpaired) electrons. The van der Waals surface area contributed by atoms with Gasteiger partial charge in [-0.25, -0.2) is 9.59 Å². The van der Waals surface area contributed by atoms with Crippen molar-refractivity contribution in [2.45, 2.75) is 166 Å². The number of allylic oxidation sites excluding steroid dienone is 1. The summed E-state index contributed by atoms with van der Waals surface area (Å²) in [6.45, 7) is 15.5. The van der Waals surface area contributed by atoms with Crippen molar-refractivity contribution in [3.05, 3.63) is 11.8 Å². The Morgan fingerprint density at radius 2 is 1.57 bits per heavy atom. The minimum atomic E-state index is -1.55. The Hall–Kier alpha value is -2.81. The van der Waals surface area contributed by atoms with E-state index in [-0.39, 0.29) is 19.4 Å². The fourth-order valence-electron chi connectivity index (χ4n) is 6.06. The van der Waals surface area contributed by atoms with Crippen LogP contribution in [0.4, 0.5) is 9.59 Å². The Bertz CT molecular complexity index is 1260. The monoisotopic (exact) mass is 776 g/mol. The molecule has 312 valence electrons. The lowest BCUT2D eigenvalue weighted by molar-refractivity contribution is -0.297. The molecular formula is C36H64N4O14. The first-order valence-electron chi connectivity index (χ1n) is 18.6. The van der Waals surface area contributed by atoms with Gasteiger partial charge < -0.3 is 74.9 Å². The van der Waals surface area contributed by atoms with Gasteiger partial charge in [0.25, 0.3) is 0 Å². The van der Waals surface area contributed by atoms with Crippen LogP contribution in [0.1, 0.15) is 94.4 Å². The summed E-state index contributed by atoms with van der Waals surface area (Å²) < 4.78 is 40.4. The molecule has 0 aromatic heterocycles. The lowest BCUT2D eigenvalue weighted by Crippen LogP contribution is -2.68. The van der Waals surface area contributed by atoms with Crippen molar-refractivity contribution in [3.63, 3.8) is 0 Å². The molecule has 18 nitrogen and oxygen atoms in total. The van der Waals surface area contributed by atoms with Crippen LogP contribution >= 0.6 is 0 Å². The van der Waals surface area contributed by atoms with E-state index in [0.29, 0.717) is 44.7 Å². The fraction of sp³-hybridized carbons (Fsp3) is 0.861. The molecule has 2 fully saturated rings. The van der Waals surface area contributed by atoms with E-state index in [0.717, 1.165) is 0 Å². The third-order valence-electron chi connectivity index (χ3n) is 8.25. The summed E-state index contributed by atoms with van der Waals surface area (Å²) in [7, 11) is 0. The number of rotatable bonds is 15. The molecule has 3 rings (SSSR count). The van der Waals surface area contributed by atoms with Crippen LogP contribution in [0.25, 0.3) is 0 Å². The predicted molar refractivity (Wildman–Crippen MR) is 193 cm³/mol. The van der Waals surface area contributed by atoms with Gasteiger partial charge in [0.1, 0.15) is 47.9 Å². The van der Waals surface area contributed by atoms with Gasteiger partial charge in [0.2, 0.25) is 5.91 Å². The summed E-state index contributed by atoms with van der Waals surface area (Å²) in [6.07, 6.45) is -5.54. The summed E-state index contributed by atoms with van der Waals surface area (Å²) in [5, 5.41) is 54.2. The Balaban J connectivity index is 1.80. The molecule has 3 amide bonds. The van der Waals surface area contributed by atoms with Gasteiger partial charge in [-0.1, -0.05) is 0 Å². The van der Waals surface area contributed by atoms with Gasteiger partial charge in [0.15, 0.2) is 18.4 Å². The molecular weight excluding hydrogens is 712 g/mol. The Labute approximate surface area is 317 Å². The molecule has 1 aliphatic carbocycles. The number of ether oxygens (including phenoxy) is 7. The zero-order valence-corrected chi connectivity index (χ0v) is 33.1. The van der Waals surface area contributed by atoms with Crippen molar-refractivity contribution in [2.75, 3.05) is 32.8 Å². The summed E-state index contributed by atoms with van der Waals surface area (Å²) in [4.78, 5) is 38.5. The summed E-state index contributed by atoms with van der Waals surface area (Å²) in [5.74, 6) is -1.25. The van der Waals surface area contributed by atoms with Gasteiger partial charge in [-0.2, -0.15) is 0 Å². The minimum Gasteiger partial charge on any atom is -0.468 e. The van der Waals surface area contributed by atoms with E-state index in [1.54, 1.807) is 55.4 Å².